The van der Waals surface area contributed by atoms with Gasteiger partial charge in [-0.05, 0) is 11.4 Å². The first-order valence-electron chi connectivity index (χ1n) is 5.04. The van der Waals surface area contributed by atoms with Gasteiger partial charge < -0.3 is 5.32 Å². The van der Waals surface area contributed by atoms with Crippen LogP contribution in [-0.4, -0.2) is 22.6 Å². The van der Waals surface area contributed by atoms with E-state index < -0.39 is 0 Å². The van der Waals surface area contributed by atoms with Crippen LogP contribution in [0, 0.1) is 0 Å². The number of hydrogen-bond acceptors (Lipinski definition) is 4. The van der Waals surface area contributed by atoms with Crippen LogP contribution in [0.3, 0.4) is 0 Å². The molecule has 15 heavy (non-hydrogen) atoms. The van der Waals surface area contributed by atoms with Gasteiger partial charge in [-0.25, -0.2) is 4.98 Å². The summed E-state index contributed by atoms with van der Waals surface area (Å²) in [5.41, 5.74) is 0.965. The molecule has 1 aliphatic heterocycles. The lowest BCUT2D eigenvalue weighted by molar-refractivity contribution is 0.627. The van der Waals surface area contributed by atoms with Crippen molar-refractivity contribution in [2.45, 2.75) is 13.0 Å². The highest BCUT2D eigenvalue weighted by Gasteiger charge is 2.13. The monoisotopic (exact) mass is 221 g/mol. The molecule has 3 rings (SSSR count). The smallest absolute Gasteiger partial charge is 0.271 e. The number of rotatable bonds is 0. The predicted octanol–water partition coefficient (Wildman–Crippen LogP) is 0.604. The van der Waals surface area contributed by atoms with Gasteiger partial charge in [0.25, 0.3) is 5.56 Å². The molecule has 2 aromatic rings. The van der Waals surface area contributed by atoms with Gasteiger partial charge in [-0.3, -0.25) is 9.36 Å². The van der Waals surface area contributed by atoms with Crippen molar-refractivity contribution in [2.75, 3.05) is 13.1 Å². The number of nitrogens with zero attached hydrogens (tertiary/aromatic N) is 2. The minimum atomic E-state index is 0.119. The maximum Gasteiger partial charge on any atom is 0.271 e. The van der Waals surface area contributed by atoms with Crippen molar-refractivity contribution >= 4 is 21.6 Å². The van der Waals surface area contributed by atoms with Gasteiger partial charge in [-0.15, -0.1) is 11.3 Å². The molecule has 0 saturated heterocycles. The zero-order chi connectivity index (χ0) is 10.3. The molecule has 0 fully saturated rings. The molecular weight excluding hydrogens is 210 g/mol. The van der Waals surface area contributed by atoms with Gasteiger partial charge in [0.05, 0.1) is 5.52 Å². The summed E-state index contributed by atoms with van der Waals surface area (Å²) >= 11 is 1.48. The molecule has 1 N–H and O–H groups in total. The van der Waals surface area contributed by atoms with E-state index in [2.05, 4.69) is 10.3 Å². The van der Waals surface area contributed by atoms with Crippen LogP contribution in [0.4, 0.5) is 0 Å². The van der Waals surface area contributed by atoms with Gasteiger partial charge in [0.15, 0.2) is 0 Å². The highest BCUT2D eigenvalue weighted by molar-refractivity contribution is 7.17. The number of fused-ring (bicyclic) bond motifs is 2. The molecule has 0 aromatic carbocycles. The van der Waals surface area contributed by atoms with Gasteiger partial charge in [-0.2, -0.15) is 0 Å². The van der Waals surface area contributed by atoms with E-state index in [0.717, 1.165) is 42.1 Å². The second kappa shape index (κ2) is 3.43. The van der Waals surface area contributed by atoms with Crippen molar-refractivity contribution in [3.8, 4) is 0 Å². The minimum absolute atomic E-state index is 0.119. The third-order valence-electron chi connectivity index (χ3n) is 2.68. The summed E-state index contributed by atoms with van der Waals surface area (Å²) in [6.07, 6.45) is 0.834. The number of hydrogen-bond donors (Lipinski definition) is 1. The Bertz CT molecular complexity index is 557. The largest absolute Gasteiger partial charge is 0.315 e. The maximum atomic E-state index is 12.1. The van der Waals surface area contributed by atoms with Crippen LogP contribution < -0.4 is 10.9 Å². The molecule has 0 unspecified atom stereocenters. The molecule has 0 atom stereocenters. The lowest BCUT2D eigenvalue weighted by Gasteiger charge is -2.06. The van der Waals surface area contributed by atoms with Gasteiger partial charge in [0.2, 0.25) is 0 Å². The van der Waals surface area contributed by atoms with Crippen LogP contribution in [0.15, 0.2) is 16.2 Å². The van der Waals surface area contributed by atoms with Crippen LogP contribution in [0.5, 0.6) is 0 Å². The summed E-state index contributed by atoms with van der Waals surface area (Å²) < 4.78 is 2.58. The highest BCUT2D eigenvalue weighted by Crippen LogP contribution is 2.15. The van der Waals surface area contributed by atoms with E-state index in [4.69, 9.17) is 0 Å². The SMILES string of the molecule is O=c1c2sccc2nc2n1CCNCC2. The van der Waals surface area contributed by atoms with Crippen LogP contribution in [0.25, 0.3) is 10.2 Å². The van der Waals surface area contributed by atoms with E-state index in [0.29, 0.717) is 0 Å². The van der Waals surface area contributed by atoms with E-state index in [9.17, 15) is 4.79 Å². The lowest BCUT2D eigenvalue weighted by Crippen LogP contribution is -2.25. The highest BCUT2D eigenvalue weighted by atomic mass is 32.1. The second-order valence-electron chi connectivity index (χ2n) is 3.62. The standard InChI is InChI=1S/C10H11N3OS/c14-10-9-7(2-6-15-9)12-8-1-3-11-4-5-13(8)10/h2,6,11H,1,3-5H2. The maximum absolute atomic E-state index is 12.1. The molecular formula is C10H11N3OS. The van der Waals surface area contributed by atoms with Crippen LogP contribution in [-0.2, 0) is 13.0 Å². The molecule has 4 nitrogen and oxygen atoms in total. The molecule has 0 radical (unpaired) electrons. The molecule has 0 bridgehead atoms. The molecule has 0 aliphatic carbocycles. The van der Waals surface area contributed by atoms with E-state index in [1.165, 1.54) is 11.3 Å². The molecule has 0 saturated carbocycles. The Hall–Kier alpha value is -1.20. The van der Waals surface area contributed by atoms with Crippen LogP contribution in [0.1, 0.15) is 5.82 Å². The summed E-state index contributed by atoms with van der Waals surface area (Å²) in [7, 11) is 0. The van der Waals surface area contributed by atoms with Crippen LogP contribution in [0.2, 0.25) is 0 Å². The molecule has 2 aromatic heterocycles. The third-order valence-corrected chi connectivity index (χ3v) is 3.57. The molecule has 3 heterocycles. The normalized spacial score (nSPS) is 16.3. The van der Waals surface area contributed by atoms with Crippen molar-refractivity contribution in [3.63, 3.8) is 0 Å². The average Bonchev–Trinajstić information content (AvgIpc) is 2.56. The molecule has 5 heteroatoms. The van der Waals surface area contributed by atoms with Gasteiger partial charge >= 0.3 is 0 Å². The van der Waals surface area contributed by atoms with E-state index >= 15 is 0 Å². The predicted molar refractivity (Wildman–Crippen MR) is 60.5 cm³/mol. The van der Waals surface area contributed by atoms with Crippen molar-refractivity contribution in [2.24, 2.45) is 0 Å². The Kier molecular flexibility index (Phi) is 2.07. The minimum Gasteiger partial charge on any atom is -0.315 e. The number of nitrogens with one attached hydrogen (secondary N) is 1. The molecule has 0 amide bonds. The fourth-order valence-electron chi connectivity index (χ4n) is 1.93. The van der Waals surface area contributed by atoms with Crippen LogP contribution >= 0.6 is 11.3 Å². The third kappa shape index (κ3) is 1.39. The lowest BCUT2D eigenvalue weighted by atomic mass is 10.3. The Morgan fingerprint density at radius 3 is 3.33 bits per heavy atom. The molecule has 78 valence electrons. The Morgan fingerprint density at radius 2 is 2.40 bits per heavy atom. The Balaban J connectivity index is 2.33. The summed E-state index contributed by atoms with van der Waals surface area (Å²) in [6, 6.07) is 1.92. The summed E-state index contributed by atoms with van der Waals surface area (Å²) in [5, 5.41) is 5.20. The zero-order valence-electron chi connectivity index (χ0n) is 8.19. The van der Waals surface area contributed by atoms with E-state index in [-0.39, 0.29) is 5.56 Å². The van der Waals surface area contributed by atoms with E-state index in [1.54, 1.807) is 4.57 Å². The first-order chi connectivity index (χ1) is 7.36. The fourth-order valence-corrected chi connectivity index (χ4v) is 2.71. The van der Waals surface area contributed by atoms with Crippen molar-refractivity contribution in [1.29, 1.82) is 0 Å². The van der Waals surface area contributed by atoms with Crippen molar-refractivity contribution in [3.05, 3.63) is 27.6 Å². The topological polar surface area (TPSA) is 46.9 Å². The van der Waals surface area contributed by atoms with Gasteiger partial charge in [-0.1, -0.05) is 0 Å². The molecule has 0 spiro atoms. The van der Waals surface area contributed by atoms with E-state index in [1.807, 2.05) is 11.4 Å². The number of thiophene rings is 1. The average molecular weight is 221 g/mol. The summed E-state index contributed by atoms with van der Waals surface area (Å²) in [6.45, 7) is 2.49. The first kappa shape index (κ1) is 9.06. The Labute approximate surface area is 90.6 Å². The summed E-state index contributed by atoms with van der Waals surface area (Å²) in [5.74, 6) is 0.913. The molecule has 1 aliphatic rings. The van der Waals surface area contributed by atoms with Crippen molar-refractivity contribution < 1.29 is 0 Å². The zero-order valence-corrected chi connectivity index (χ0v) is 9.01. The first-order valence-corrected chi connectivity index (χ1v) is 5.92. The Morgan fingerprint density at radius 1 is 1.47 bits per heavy atom. The quantitative estimate of drug-likeness (QED) is 0.709. The summed E-state index contributed by atoms with van der Waals surface area (Å²) in [4.78, 5) is 16.6. The van der Waals surface area contributed by atoms with Gasteiger partial charge in [0.1, 0.15) is 10.5 Å². The van der Waals surface area contributed by atoms with Gasteiger partial charge in [0, 0.05) is 26.1 Å². The fraction of sp³-hybridized carbons (Fsp3) is 0.400. The number of aromatic nitrogens is 2. The second-order valence-corrected chi connectivity index (χ2v) is 4.54. The van der Waals surface area contributed by atoms with Crippen molar-refractivity contribution in [1.82, 2.24) is 14.9 Å².